The predicted molar refractivity (Wildman–Crippen MR) is 62.4 cm³/mol. The Labute approximate surface area is 92.8 Å². The SMILES string of the molecule is CCC(CN)C(=O)NCC1(C(C)C)CC1. The van der Waals surface area contributed by atoms with Crippen molar-refractivity contribution < 1.29 is 4.79 Å². The monoisotopic (exact) mass is 212 g/mol. The largest absolute Gasteiger partial charge is 0.355 e. The molecule has 1 aliphatic rings. The molecule has 1 unspecified atom stereocenters. The molecule has 0 aliphatic heterocycles. The van der Waals surface area contributed by atoms with E-state index in [4.69, 9.17) is 5.73 Å². The molecule has 0 aromatic heterocycles. The van der Waals surface area contributed by atoms with Gasteiger partial charge in [0.1, 0.15) is 0 Å². The van der Waals surface area contributed by atoms with Crippen molar-refractivity contribution in [3.8, 4) is 0 Å². The van der Waals surface area contributed by atoms with Crippen molar-refractivity contribution in [3.05, 3.63) is 0 Å². The molecule has 1 rings (SSSR count). The molecule has 0 aromatic rings. The molecule has 1 aliphatic carbocycles. The van der Waals surface area contributed by atoms with Crippen LogP contribution in [0, 0.1) is 17.3 Å². The molecule has 0 heterocycles. The van der Waals surface area contributed by atoms with Crippen molar-refractivity contribution in [2.45, 2.75) is 40.0 Å². The second-order valence-corrected chi connectivity index (χ2v) is 5.08. The van der Waals surface area contributed by atoms with Crippen LogP contribution in [-0.2, 0) is 4.79 Å². The highest BCUT2D eigenvalue weighted by Crippen LogP contribution is 2.51. The van der Waals surface area contributed by atoms with Crippen molar-refractivity contribution in [2.75, 3.05) is 13.1 Å². The molecule has 1 amide bonds. The first-order valence-corrected chi connectivity index (χ1v) is 6.03. The van der Waals surface area contributed by atoms with Crippen molar-refractivity contribution >= 4 is 5.91 Å². The first-order valence-electron chi connectivity index (χ1n) is 6.03. The van der Waals surface area contributed by atoms with E-state index < -0.39 is 0 Å². The maximum atomic E-state index is 11.7. The number of carbonyl (C=O) groups is 1. The van der Waals surface area contributed by atoms with Gasteiger partial charge in [-0.1, -0.05) is 20.8 Å². The second-order valence-electron chi connectivity index (χ2n) is 5.08. The third-order valence-corrected chi connectivity index (χ3v) is 3.88. The lowest BCUT2D eigenvalue weighted by atomic mass is 9.92. The van der Waals surface area contributed by atoms with Gasteiger partial charge in [-0.15, -0.1) is 0 Å². The molecule has 1 fully saturated rings. The number of nitrogens with two attached hydrogens (primary N) is 1. The second kappa shape index (κ2) is 4.97. The molecule has 3 N–H and O–H groups in total. The molecular weight excluding hydrogens is 188 g/mol. The van der Waals surface area contributed by atoms with E-state index in [0.717, 1.165) is 13.0 Å². The Hall–Kier alpha value is -0.570. The fourth-order valence-electron chi connectivity index (χ4n) is 1.99. The van der Waals surface area contributed by atoms with Crippen LogP contribution in [0.3, 0.4) is 0 Å². The Morgan fingerprint density at radius 2 is 2.07 bits per heavy atom. The van der Waals surface area contributed by atoms with Crippen LogP contribution in [0.25, 0.3) is 0 Å². The zero-order valence-electron chi connectivity index (χ0n) is 10.2. The molecule has 1 atom stereocenters. The fraction of sp³-hybridized carbons (Fsp3) is 0.917. The van der Waals surface area contributed by atoms with Crippen LogP contribution < -0.4 is 11.1 Å². The first-order chi connectivity index (χ1) is 7.05. The quantitative estimate of drug-likeness (QED) is 0.701. The normalized spacial score (nSPS) is 20.1. The Balaban J connectivity index is 2.34. The van der Waals surface area contributed by atoms with E-state index in [1.54, 1.807) is 0 Å². The van der Waals surface area contributed by atoms with Crippen LogP contribution in [0.2, 0.25) is 0 Å². The van der Waals surface area contributed by atoms with Gasteiger partial charge in [-0.3, -0.25) is 4.79 Å². The Morgan fingerprint density at radius 3 is 2.40 bits per heavy atom. The molecule has 1 saturated carbocycles. The average molecular weight is 212 g/mol. The van der Waals surface area contributed by atoms with Gasteiger partial charge < -0.3 is 11.1 Å². The van der Waals surface area contributed by atoms with Gasteiger partial charge >= 0.3 is 0 Å². The minimum atomic E-state index is -0.00652. The van der Waals surface area contributed by atoms with E-state index in [9.17, 15) is 4.79 Å². The van der Waals surface area contributed by atoms with Crippen LogP contribution in [0.5, 0.6) is 0 Å². The predicted octanol–water partition coefficient (Wildman–Crippen LogP) is 1.52. The minimum Gasteiger partial charge on any atom is -0.355 e. The molecule has 3 heteroatoms. The highest BCUT2D eigenvalue weighted by atomic mass is 16.1. The Bertz CT molecular complexity index is 218. The number of hydrogen-bond donors (Lipinski definition) is 2. The number of amides is 1. The lowest BCUT2D eigenvalue weighted by Gasteiger charge is -2.21. The molecule has 3 nitrogen and oxygen atoms in total. The van der Waals surface area contributed by atoms with Crippen LogP contribution >= 0.6 is 0 Å². The van der Waals surface area contributed by atoms with Crippen LogP contribution in [0.4, 0.5) is 0 Å². The minimum absolute atomic E-state index is 0.00652. The topological polar surface area (TPSA) is 55.1 Å². The lowest BCUT2D eigenvalue weighted by molar-refractivity contribution is -0.125. The van der Waals surface area contributed by atoms with E-state index in [-0.39, 0.29) is 11.8 Å². The van der Waals surface area contributed by atoms with E-state index in [1.165, 1.54) is 12.8 Å². The third-order valence-electron chi connectivity index (χ3n) is 3.88. The van der Waals surface area contributed by atoms with Gasteiger partial charge in [0.25, 0.3) is 0 Å². The van der Waals surface area contributed by atoms with E-state index in [2.05, 4.69) is 19.2 Å². The summed E-state index contributed by atoms with van der Waals surface area (Å²) in [7, 11) is 0. The van der Waals surface area contributed by atoms with Gasteiger partial charge in [0, 0.05) is 19.0 Å². The summed E-state index contributed by atoms with van der Waals surface area (Å²) >= 11 is 0. The Kier molecular flexibility index (Phi) is 4.14. The molecule has 15 heavy (non-hydrogen) atoms. The standard InChI is InChI=1S/C12H24N2O/c1-4-10(7-13)11(15)14-8-12(5-6-12)9(2)3/h9-10H,4-8,13H2,1-3H3,(H,14,15). The van der Waals surface area contributed by atoms with Crippen molar-refractivity contribution in [2.24, 2.45) is 23.0 Å². The van der Waals surface area contributed by atoms with Crippen LogP contribution in [-0.4, -0.2) is 19.0 Å². The van der Waals surface area contributed by atoms with Gasteiger partial charge in [-0.2, -0.15) is 0 Å². The summed E-state index contributed by atoms with van der Waals surface area (Å²) in [4.78, 5) is 11.7. The van der Waals surface area contributed by atoms with Crippen LogP contribution in [0.1, 0.15) is 40.0 Å². The van der Waals surface area contributed by atoms with Gasteiger partial charge in [0.05, 0.1) is 0 Å². The zero-order valence-corrected chi connectivity index (χ0v) is 10.2. The van der Waals surface area contributed by atoms with Crippen molar-refractivity contribution in [1.29, 1.82) is 0 Å². The smallest absolute Gasteiger partial charge is 0.224 e. The number of carbonyl (C=O) groups excluding carboxylic acids is 1. The van der Waals surface area contributed by atoms with E-state index in [1.807, 2.05) is 6.92 Å². The molecule has 0 bridgehead atoms. The number of nitrogens with one attached hydrogen (secondary N) is 1. The molecule has 0 radical (unpaired) electrons. The summed E-state index contributed by atoms with van der Waals surface area (Å²) in [6.45, 7) is 7.77. The fourth-order valence-corrected chi connectivity index (χ4v) is 1.99. The number of rotatable bonds is 6. The van der Waals surface area contributed by atoms with E-state index in [0.29, 0.717) is 17.9 Å². The van der Waals surface area contributed by atoms with Crippen molar-refractivity contribution in [1.82, 2.24) is 5.32 Å². The summed E-state index contributed by atoms with van der Waals surface area (Å²) < 4.78 is 0. The molecular formula is C12H24N2O. The Morgan fingerprint density at radius 1 is 1.47 bits per heavy atom. The summed E-state index contributed by atoms with van der Waals surface area (Å²) in [5, 5.41) is 3.05. The summed E-state index contributed by atoms with van der Waals surface area (Å²) in [5.41, 5.74) is 5.93. The highest BCUT2D eigenvalue weighted by Gasteiger charge is 2.45. The zero-order chi connectivity index (χ0) is 11.5. The average Bonchev–Trinajstić information content (AvgIpc) is 2.97. The number of hydrogen-bond acceptors (Lipinski definition) is 2. The summed E-state index contributed by atoms with van der Waals surface area (Å²) in [6, 6.07) is 0. The highest BCUT2D eigenvalue weighted by molar-refractivity contribution is 5.78. The lowest BCUT2D eigenvalue weighted by Crippen LogP contribution is -2.39. The molecule has 0 aromatic carbocycles. The summed E-state index contributed by atoms with van der Waals surface area (Å²) in [6.07, 6.45) is 3.34. The van der Waals surface area contributed by atoms with Gasteiger partial charge in [-0.05, 0) is 30.6 Å². The molecule has 88 valence electrons. The third kappa shape index (κ3) is 2.94. The summed E-state index contributed by atoms with van der Waals surface area (Å²) in [5.74, 6) is 0.788. The van der Waals surface area contributed by atoms with Crippen molar-refractivity contribution in [3.63, 3.8) is 0 Å². The maximum Gasteiger partial charge on any atom is 0.224 e. The molecule has 0 spiro atoms. The van der Waals surface area contributed by atoms with Gasteiger partial charge in [-0.25, -0.2) is 0 Å². The molecule has 0 saturated heterocycles. The first kappa shape index (κ1) is 12.5. The van der Waals surface area contributed by atoms with Gasteiger partial charge in [0.2, 0.25) is 5.91 Å². The van der Waals surface area contributed by atoms with Crippen LogP contribution in [0.15, 0.2) is 0 Å². The van der Waals surface area contributed by atoms with E-state index >= 15 is 0 Å². The van der Waals surface area contributed by atoms with Gasteiger partial charge in [0.15, 0.2) is 0 Å². The maximum absolute atomic E-state index is 11.7.